The van der Waals surface area contributed by atoms with Gasteiger partial charge in [0.1, 0.15) is 0 Å². The third kappa shape index (κ3) is 7.67. The number of amides is 2. The number of thiophene rings is 1. The predicted molar refractivity (Wildman–Crippen MR) is 154 cm³/mol. The average Bonchev–Trinajstić information content (AvgIpc) is 3.58. The zero-order valence-corrected chi connectivity index (χ0v) is 24.5. The van der Waals surface area contributed by atoms with Crippen molar-refractivity contribution < 1.29 is 14.1 Å². The molecule has 10 nitrogen and oxygen atoms in total. The minimum atomic E-state index is -0.146. The first-order valence-electron chi connectivity index (χ1n) is 12.1. The molecule has 0 aliphatic carbocycles. The topological polar surface area (TPSA) is 107 Å². The SMILES string of the molecule is CCNCCNC(=O)CN(CC(=O)N(C)N1Cc2ccsc2C1)c1cc(-c2noc(C)n2)ccc1C.Cl.Cl. The zero-order valence-electron chi connectivity index (χ0n) is 22.0. The maximum atomic E-state index is 13.4. The van der Waals surface area contributed by atoms with Crippen LogP contribution in [0.25, 0.3) is 11.4 Å². The highest BCUT2D eigenvalue weighted by Crippen LogP contribution is 2.29. The van der Waals surface area contributed by atoms with E-state index in [0.29, 0.717) is 37.9 Å². The zero-order chi connectivity index (χ0) is 25.7. The number of carbonyl (C=O) groups excluding carboxylic acids is 2. The van der Waals surface area contributed by atoms with Crippen molar-refractivity contribution in [3.05, 3.63) is 51.5 Å². The molecule has 3 heterocycles. The van der Waals surface area contributed by atoms with Crippen LogP contribution in [0.1, 0.15) is 28.8 Å². The summed E-state index contributed by atoms with van der Waals surface area (Å²) in [5.74, 6) is 0.702. The van der Waals surface area contributed by atoms with Crippen molar-refractivity contribution in [1.29, 1.82) is 0 Å². The van der Waals surface area contributed by atoms with Crippen molar-refractivity contribution in [2.45, 2.75) is 33.9 Å². The summed E-state index contributed by atoms with van der Waals surface area (Å²) in [7, 11) is 1.79. The Hall–Kier alpha value is -2.70. The van der Waals surface area contributed by atoms with Crippen LogP contribution >= 0.6 is 36.2 Å². The number of anilines is 1. The van der Waals surface area contributed by atoms with Crippen molar-refractivity contribution >= 4 is 53.7 Å². The van der Waals surface area contributed by atoms with Crippen LogP contribution in [0.4, 0.5) is 5.69 Å². The highest BCUT2D eigenvalue weighted by atomic mass is 35.5. The summed E-state index contributed by atoms with van der Waals surface area (Å²) >= 11 is 1.71. The molecule has 0 saturated heterocycles. The van der Waals surface area contributed by atoms with Crippen molar-refractivity contribution in [2.75, 3.05) is 44.7 Å². The fourth-order valence-electron chi connectivity index (χ4n) is 4.13. The highest BCUT2D eigenvalue weighted by molar-refractivity contribution is 7.10. The minimum Gasteiger partial charge on any atom is -0.353 e. The van der Waals surface area contributed by atoms with E-state index in [9.17, 15) is 9.59 Å². The van der Waals surface area contributed by atoms with E-state index >= 15 is 0 Å². The van der Waals surface area contributed by atoms with Crippen LogP contribution in [0.15, 0.2) is 34.2 Å². The average molecular weight is 585 g/mol. The van der Waals surface area contributed by atoms with Crippen LogP contribution in [0.5, 0.6) is 0 Å². The maximum Gasteiger partial charge on any atom is 0.256 e. The summed E-state index contributed by atoms with van der Waals surface area (Å²) in [6, 6.07) is 7.87. The van der Waals surface area contributed by atoms with Gasteiger partial charge in [-0.25, -0.2) is 5.01 Å². The number of nitrogens with zero attached hydrogens (tertiary/aromatic N) is 5. The van der Waals surface area contributed by atoms with Crippen LogP contribution in [0.3, 0.4) is 0 Å². The molecular weight excluding hydrogens is 549 g/mol. The molecule has 1 aliphatic rings. The van der Waals surface area contributed by atoms with Gasteiger partial charge in [-0.1, -0.05) is 24.2 Å². The molecule has 38 heavy (non-hydrogen) atoms. The lowest BCUT2D eigenvalue weighted by Crippen LogP contribution is -2.48. The van der Waals surface area contributed by atoms with Crippen molar-refractivity contribution in [3.8, 4) is 11.4 Å². The van der Waals surface area contributed by atoms with E-state index < -0.39 is 0 Å². The number of aromatic nitrogens is 2. The van der Waals surface area contributed by atoms with Gasteiger partial charge in [0.05, 0.1) is 19.6 Å². The molecule has 2 aromatic heterocycles. The van der Waals surface area contributed by atoms with Crippen LogP contribution in [0, 0.1) is 13.8 Å². The predicted octanol–water partition coefficient (Wildman–Crippen LogP) is 3.18. The smallest absolute Gasteiger partial charge is 0.256 e. The molecule has 0 radical (unpaired) electrons. The first-order valence-corrected chi connectivity index (χ1v) is 12.9. The molecular formula is C25H35Cl2N7O3S. The van der Waals surface area contributed by atoms with E-state index in [4.69, 9.17) is 4.52 Å². The number of nitrogens with one attached hydrogen (secondary N) is 2. The Morgan fingerprint density at radius 2 is 1.92 bits per heavy atom. The maximum absolute atomic E-state index is 13.4. The number of halogens is 2. The van der Waals surface area contributed by atoms with E-state index in [0.717, 1.165) is 23.4 Å². The van der Waals surface area contributed by atoms with Gasteiger partial charge in [-0.15, -0.1) is 36.2 Å². The van der Waals surface area contributed by atoms with Crippen LogP contribution in [-0.4, -0.2) is 71.7 Å². The molecule has 13 heteroatoms. The number of rotatable bonds is 11. The second-order valence-electron chi connectivity index (χ2n) is 8.81. The molecule has 0 atom stereocenters. The standard InChI is InChI=1S/C25H33N7O3S.2ClH/c1-5-26-9-10-27-23(33)15-31(16-24(34)30(4)32-13-20-8-11-36-22(20)14-32)21-12-19(7-6-17(21)2)25-28-18(3)35-29-25;;/h6-8,11-12,26H,5,9-10,13-16H2,1-4H3,(H,27,33);2*1H. The lowest BCUT2D eigenvalue weighted by molar-refractivity contribution is -0.145. The van der Waals surface area contributed by atoms with Gasteiger partial charge in [-0.05, 0) is 42.1 Å². The van der Waals surface area contributed by atoms with Gasteiger partial charge in [-0.3, -0.25) is 14.6 Å². The molecule has 0 bridgehead atoms. The number of hydrogen-bond acceptors (Lipinski definition) is 9. The van der Waals surface area contributed by atoms with Crippen LogP contribution < -0.4 is 15.5 Å². The normalized spacial score (nSPS) is 12.3. The summed E-state index contributed by atoms with van der Waals surface area (Å²) in [6.07, 6.45) is 0. The molecule has 4 rings (SSSR count). The Kier molecular flexibility index (Phi) is 12.0. The van der Waals surface area contributed by atoms with Crippen molar-refractivity contribution in [2.24, 2.45) is 0 Å². The van der Waals surface area contributed by atoms with Crippen LogP contribution in [0.2, 0.25) is 0 Å². The third-order valence-corrected chi connectivity index (χ3v) is 7.12. The molecule has 1 aliphatic heterocycles. The molecule has 0 saturated carbocycles. The number of likely N-dealkylation sites (N-methyl/N-ethyl adjacent to an activating group) is 2. The largest absolute Gasteiger partial charge is 0.353 e. The van der Waals surface area contributed by atoms with Gasteiger partial charge >= 0.3 is 0 Å². The van der Waals surface area contributed by atoms with E-state index in [1.165, 1.54) is 10.4 Å². The Labute approximate surface area is 239 Å². The van der Waals surface area contributed by atoms with E-state index in [2.05, 4.69) is 32.2 Å². The van der Waals surface area contributed by atoms with E-state index in [-0.39, 0.29) is 49.7 Å². The fourth-order valence-corrected chi connectivity index (χ4v) is 5.03. The molecule has 0 unspecified atom stereocenters. The highest BCUT2D eigenvalue weighted by Gasteiger charge is 2.28. The van der Waals surface area contributed by atoms with Crippen LogP contribution in [-0.2, 0) is 22.7 Å². The Morgan fingerprint density at radius 3 is 2.61 bits per heavy atom. The van der Waals surface area contributed by atoms with Gasteiger partial charge in [0.15, 0.2) is 0 Å². The monoisotopic (exact) mass is 583 g/mol. The number of hydrazine groups is 1. The Bertz CT molecular complexity index is 1200. The molecule has 2 N–H and O–H groups in total. The number of hydrogen-bond donors (Lipinski definition) is 2. The minimum absolute atomic E-state index is 0. The first-order chi connectivity index (χ1) is 17.4. The van der Waals surface area contributed by atoms with Gasteiger partial charge in [-0.2, -0.15) is 4.98 Å². The van der Waals surface area contributed by atoms with Crippen molar-refractivity contribution in [3.63, 3.8) is 0 Å². The summed E-state index contributed by atoms with van der Waals surface area (Å²) in [4.78, 5) is 33.7. The van der Waals surface area contributed by atoms with E-state index in [1.54, 1.807) is 30.3 Å². The number of benzene rings is 1. The number of carbonyl (C=O) groups is 2. The van der Waals surface area contributed by atoms with Gasteiger partial charge < -0.3 is 20.1 Å². The number of fused-ring (bicyclic) bond motifs is 1. The lowest BCUT2D eigenvalue weighted by atomic mass is 10.1. The van der Waals surface area contributed by atoms with Crippen molar-refractivity contribution in [1.82, 2.24) is 30.8 Å². The van der Waals surface area contributed by atoms with E-state index in [1.807, 2.05) is 42.0 Å². The summed E-state index contributed by atoms with van der Waals surface area (Å²) in [5, 5.41) is 15.9. The molecule has 2 amide bonds. The van der Waals surface area contributed by atoms with Gasteiger partial charge in [0, 0.05) is 49.7 Å². The first kappa shape index (κ1) is 31.5. The summed E-state index contributed by atoms with van der Waals surface area (Å²) in [5.41, 5.74) is 3.74. The Morgan fingerprint density at radius 1 is 1.13 bits per heavy atom. The fraction of sp³-hybridized carbons (Fsp3) is 0.440. The second kappa shape index (κ2) is 14.5. The molecule has 1 aromatic carbocycles. The Balaban J connectivity index is 0.00000253. The van der Waals surface area contributed by atoms with Gasteiger partial charge in [0.25, 0.3) is 5.91 Å². The summed E-state index contributed by atoms with van der Waals surface area (Å²) in [6.45, 7) is 9.29. The molecule has 0 spiro atoms. The number of aryl methyl sites for hydroxylation is 2. The van der Waals surface area contributed by atoms with Gasteiger partial charge in [0.2, 0.25) is 17.6 Å². The molecule has 208 valence electrons. The summed E-state index contributed by atoms with van der Waals surface area (Å²) < 4.78 is 5.14. The lowest BCUT2D eigenvalue weighted by Gasteiger charge is -2.32. The quantitative estimate of drug-likeness (QED) is 0.331. The second-order valence-corrected chi connectivity index (χ2v) is 9.81. The molecule has 0 fully saturated rings. The third-order valence-electron chi connectivity index (χ3n) is 6.17. The molecule has 3 aromatic rings.